The highest BCUT2D eigenvalue weighted by atomic mass is 35.5. The Morgan fingerprint density at radius 2 is 2.06 bits per heavy atom. The minimum Gasteiger partial charge on any atom is -0.338 e. The standard InChI is InChI=1S/C14H28N2O.ClH/c1-4-7-13(15)14(17)16-9-6-5-8-12(16)10-11(2)3;/h11-13H,4-10,15H2,1-3H3;1H. The second-order valence-corrected chi connectivity index (χ2v) is 5.71. The molecular weight excluding hydrogens is 248 g/mol. The maximum atomic E-state index is 12.3. The summed E-state index contributed by atoms with van der Waals surface area (Å²) in [6, 6.07) is 0.145. The molecule has 0 spiro atoms. The van der Waals surface area contributed by atoms with Crippen molar-refractivity contribution in [1.82, 2.24) is 4.90 Å². The van der Waals surface area contributed by atoms with Gasteiger partial charge in [0.25, 0.3) is 0 Å². The minimum atomic E-state index is -0.284. The van der Waals surface area contributed by atoms with Gasteiger partial charge in [0, 0.05) is 12.6 Å². The molecule has 0 aromatic rings. The zero-order valence-electron chi connectivity index (χ0n) is 12.0. The van der Waals surface area contributed by atoms with Crippen molar-refractivity contribution in [2.75, 3.05) is 6.54 Å². The number of likely N-dealkylation sites (tertiary alicyclic amines) is 1. The Labute approximate surface area is 118 Å². The van der Waals surface area contributed by atoms with Crippen molar-refractivity contribution in [2.24, 2.45) is 11.7 Å². The highest BCUT2D eigenvalue weighted by Gasteiger charge is 2.29. The normalized spacial score (nSPS) is 21.6. The van der Waals surface area contributed by atoms with E-state index in [0.717, 1.165) is 38.6 Å². The number of nitrogens with two attached hydrogens (primary N) is 1. The lowest BCUT2D eigenvalue weighted by atomic mass is 9.93. The summed E-state index contributed by atoms with van der Waals surface area (Å²) in [7, 11) is 0. The summed E-state index contributed by atoms with van der Waals surface area (Å²) in [5.41, 5.74) is 5.96. The molecule has 0 radical (unpaired) electrons. The lowest BCUT2D eigenvalue weighted by Gasteiger charge is -2.38. The zero-order chi connectivity index (χ0) is 12.8. The van der Waals surface area contributed by atoms with E-state index in [9.17, 15) is 4.79 Å². The predicted octanol–water partition coefficient (Wildman–Crippen LogP) is 2.96. The van der Waals surface area contributed by atoms with E-state index >= 15 is 0 Å². The fourth-order valence-electron chi connectivity index (χ4n) is 2.73. The lowest BCUT2D eigenvalue weighted by Crippen LogP contribution is -2.51. The largest absolute Gasteiger partial charge is 0.338 e. The molecule has 0 aliphatic carbocycles. The Morgan fingerprint density at radius 1 is 1.39 bits per heavy atom. The molecule has 3 nitrogen and oxygen atoms in total. The molecule has 108 valence electrons. The number of nitrogens with zero attached hydrogens (tertiary/aromatic N) is 1. The molecule has 0 aromatic heterocycles. The van der Waals surface area contributed by atoms with E-state index < -0.39 is 0 Å². The summed E-state index contributed by atoms with van der Waals surface area (Å²) in [5.74, 6) is 0.827. The molecular formula is C14H29ClN2O. The molecule has 2 N–H and O–H groups in total. The predicted molar refractivity (Wildman–Crippen MR) is 78.9 cm³/mol. The van der Waals surface area contributed by atoms with Crippen LogP contribution in [0.4, 0.5) is 0 Å². The van der Waals surface area contributed by atoms with Crippen LogP contribution in [-0.2, 0) is 4.79 Å². The summed E-state index contributed by atoms with van der Waals surface area (Å²) in [6.45, 7) is 7.44. The second kappa shape index (κ2) is 8.76. The molecule has 0 saturated carbocycles. The van der Waals surface area contributed by atoms with Crippen LogP contribution in [0.25, 0.3) is 0 Å². The maximum absolute atomic E-state index is 12.3. The molecule has 1 saturated heterocycles. The van der Waals surface area contributed by atoms with Crippen LogP contribution in [0.5, 0.6) is 0 Å². The van der Waals surface area contributed by atoms with Crippen LogP contribution in [0.2, 0.25) is 0 Å². The first-order chi connectivity index (χ1) is 8.06. The number of hydrogen-bond donors (Lipinski definition) is 1. The topological polar surface area (TPSA) is 46.3 Å². The Morgan fingerprint density at radius 3 is 2.61 bits per heavy atom. The van der Waals surface area contributed by atoms with Crippen LogP contribution in [0.15, 0.2) is 0 Å². The zero-order valence-corrected chi connectivity index (χ0v) is 12.8. The number of rotatable bonds is 5. The van der Waals surface area contributed by atoms with Gasteiger partial charge in [0.15, 0.2) is 0 Å². The van der Waals surface area contributed by atoms with E-state index in [0.29, 0.717) is 12.0 Å². The molecule has 1 amide bonds. The smallest absolute Gasteiger partial charge is 0.239 e. The molecule has 4 heteroatoms. The number of carbonyl (C=O) groups is 1. The van der Waals surface area contributed by atoms with Gasteiger partial charge in [-0.05, 0) is 38.0 Å². The van der Waals surface area contributed by atoms with Gasteiger partial charge in [-0.15, -0.1) is 12.4 Å². The highest BCUT2D eigenvalue weighted by molar-refractivity contribution is 5.85. The summed E-state index contributed by atoms with van der Waals surface area (Å²) in [6.07, 6.45) is 6.45. The van der Waals surface area contributed by atoms with E-state index in [1.165, 1.54) is 6.42 Å². The Bertz CT molecular complexity index is 246. The third kappa shape index (κ3) is 5.15. The number of piperidine rings is 1. The highest BCUT2D eigenvalue weighted by Crippen LogP contribution is 2.23. The average molecular weight is 277 g/mol. The van der Waals surface area contributed by atoms with Crippen LogP contribution in [0.1, 0.15) is 59.3 Å². The van der Waals surface area contributed by atoms with Crippen molar-refractivity contribution in [3.05, 3.63) is 0 Å². The summed E-state index contributed by atoms with van der Waals surface area (Å²) < 4.78 is 0. The van der Waals surface area contributed by atoms with Crippen LogP contribution >= 0.6 is 12.4 Å². The van der Waals surface area contributed by atoms with Crippen molar-refractivity contribution < 1.29 is 4.79 Å². The van der Waals surface area contributed by atoms with Gasteiger partial charge in [-0.3, -0.25) is 4.79 Å². The fraction of sp³-hybridized carbons (Fsp3) is 0.929. The Hall–Kier alpha value is -0.280. The minimum absolute atomic E-state index is 0. The van der Waals surface area contributed by atoms with Gasteiger partial charge in [-0.1, -0.05) is 27.2 Å². The van der Waals surface area contributed by atoms with Crippen LogP contribution < -0.4 is 5.73 Å². The van der Waals surface area contributed by atoms with E-state index in [-0.39, 0.29) is 24.4 Å². The van der Waals surface area contributed by atoms with Crippen molar-refractivity contribution in [3.63, 3.8) is 0 Å². The molecule has 1 aliphatic rings. The third-order valence-corrected chi connectivity index (χ3v) is 3.57. The summed E-state index contributed by atoms with van der Waals surface area (Å²) in [4.78, 5) is 14.3. The molecule has 2 unspecified atom stereocenters. The van der Waals surface area contributed by atoms with Crippen molar-refractivity contribution in [2.45, 2.75) is 71.4 Å². The van der Waals surface area contributed by atoms with Crippen LogP contribution in [-0.4, -0.2) is 29.4 Å². The van der Waals surface area contributed by atoms with E-state index in [2.05, 4.69) is 25.7 Å². The Kier molecular flexibility index (Phi) is 8.62. The monoisotopic (exact) mass is 276 g/mol. The molecule has 1 rings (SSSR count). The number of amides is 1. The van der Waals surface area contributed by atoms with Gasteiger partial charge < -0.3 is 10.6 Å². The number of halogens is 1. The average Bonchev–Trinajstić information content (AvgIpc) is 2.28. The lowest BCUT2D eigenvalue weighted by molar-refractivity contribution is -0.136. The first kappa shape index (κ1) is 17.7. The molecule has 0 bridgehead atoms. The van der Waals surface area contributed by atoms with Crippen LogP contribution in [0, 0.1) is 5.92 Å². The molecule has 0 aromatic carbocycles. The van der Waals surface area contributed by atoms with E-state index in [1.807, 2.05) is 0 Å². The molecule has 1 fully saturated rings. The van der Waals surface area contributed by atoms with Gasteiger partial charge in [0.1, 0.15) is 0 Å². The summed E-state index contributed by atoms with van der Waals surface area (Å²) >= 11 is 0. The number of hydrogen-bond acceptors (Lipinski definition) is 2. The van der Waals surface area contributed by atoms with Gasteiger partial charge in [0.2, 0.25) is 5.91 Å². The first-order valence-corrected chi connectivity index (χ1v) is 7.12. The van der Waals surface area contributed by atoms with Gasteiger partial charge >= 0.3 is 0 Å². The van der Waals surface area contributed by atoms with Gasteiger partial charge in [-0.2, -0.15) is 0 Å². The van der Waals surface area contributed by atoms with Crippen molar-refractivity contribution >= 4 is 18.3 Å². The SMILES string of the molecule is CCCC(N)C(=O)N1CCCCC1CC(C)C.Cl. The van der Waals surface area contributed by atoms with Gasteiger partial charge in [-0.25, -0.2) is 0 Å². The molecule has 1 heterocycles. The first-order valence-electron chi connectivity index (χ1n) is 7.12. The fourth-order valence-corrected chi connectivity index (χ4v) is 2.73. The van der Waals surface area contributed by atoms with E-state index in [1.54, 1.807) is 0 Å². The van der Waals surface area contributed by atoms with E-state index in [4.69, 9.17) is 5.73 Å². The van der Waals surface area contributed by atoms with Crippen LogP contribution in [0.3, 0.4) is 0 Å². The maximum Gasteiger partial charge on any atom is 0.239 e. The molecule has 1 aliphatic heterocycles. The van der Waals surface area contributed by atoms with Crippen molar-refractivity contribution in [1.29, 1.82) is 0 Å². The second-order valence-electron chi connectivity index (χ2n) is 5.71. The van der Waals surface area contributed by atoms with Gasteiger partial charge in [0.05, 0.1) is 6.04 Å². The summed E-state index contributed by atoms with van der Waals surface area (Å²) in [5, 5.41) is 0. The molecule has 18 heavy (non-hydrogen) atoms. The Balaban J connectivity index is 0.00000289. The molecule has 2 atom stereocenters. The van der Waals surface area contributed by atoms with Crippen molar-refractivity contribution in [3.8, 4) is 0 Å². The third-order valence-electron chi connectivity index (χ3n) is 3.57. The quantitative estimate of drug-likeness (QED) is 0.839. The number of carbonyl (C=O) groups excluding carboxylic acids is 1.